The monoisotopic (exact) mass is 216 g/mol. The van der Waals surface area contributed by atoms with Gasteiger partial charge in [-0.1, -0.05) is 17.9 Å². The van der Waals surface area contributed by atoms with Crippen molar-refractivity contribution in [3.63, 3.8) is 0 Å². The first-order valence-corrected chi connectivity index (χ1v) is 5.17. The van der Waals surface area contributed by atoms with Crippen LogP contribution in [-0.2, 0) is 0 Å². The molecule has 0 aliphatic rings. The van der Waals surface area contributed by atoms with Gasteiger partial charge in [0.15, 0.2) is 0 Å². The van der Waals surface area contributed by atoms with Crippen molar-refractivity contribution in [1.82, 2.24) is 0 Å². The lowest BCUT2D eigenvalue weighted by Crippen LogP contribution is -2.07. The number of allylic oxidation sites excluding steroid dienone is 2. The van der Waals surface area contributed by atoms with Crippen LogP contribution in [0, 0.1) is 35.5 Å². The molecular weight excluding hydrogens is 200 g/mol. The Morgan fingerprint density at radius 2 is 1.88 bits per heavy atom. The molecule has 0 aliphatic carbocycles. The Morgan fingerprint density at radius 1 is 1.12 bits per heavy atom. The van der Waals surface area contributed by atoms with Crippen LogP contribution in [0.2, 0.25) is 0 Å². The molecule has 0 aromatic rings. The average Bonchev–Trinajstić information content (AvgIpc) is 2.27. The molecule has 0 fully saturated rings. The summed E-state index contributed by atoms with van der Waals surface area (Å²) in [5, 5.41) is 17.8. The minimum atomic E-state index is -0.428. The topological polar surface area (TPSA) is 40.5 Å². The molecule has 84 valence electrons. The van der Waals surface area contributed by atoms with Gasteiger partial charge >= 0.3 is 0 Å². The largest absolute Gasteiger partial charge is 0.396 e. The summed E-state index contributed by atoms with van der Waals surface area (Å²) in [5.41, 5.74) is 0. The van der Waals surface area contributed by atoms with Crippen LogP contribution in [0.1, 0.15) is 26.2 Å². The maximum absolute atomic E-state index is 9.28. The van der Waals surface area contributed by atoms with Crippen molar-refractivity contribution in [2.24, 2.45) is 0 Å². The van der Waals surface area contributed by atoms with Crippen molar-refractivity contribution < 1.29 is 10.2 Å². The third-order valence-electron chi connectivity index (χ3n) is 1.71. The van der Waals surface area contributed by atoms with E-state index in [1.807, 2.05) is 6.08 Å². The van der Waals surface area contributed by atoms with Gasteiger partial charge < -0.3 is 10.2 Å². The summed E-state index contributed by atoms with van der Waals surface area (Å²) in [5.74, 6) is 15.8. The Bertz CT molecular complexity index is 374. The van der Waals surface area contributed by atoms with Gasteiger partial charge in [-0.15, -0.1) is 0 Å². The molecular formula is C14H16O2. The molecule has 0 saturated heterocycles. The van der Waals surface area contributed by atoms with Gasteiger partial charge in [0.2, 0.25) is 0 Å². The van der Waals surface area contributed by atoms with Crippen LogP contribution in [0.5, 0.6) is 0 Å². The van der Waals surface area contributed by atoms with E-state index in [1.54, 1.807) is 13.0 Å². The molecule has 0 heterocycles. The standard InChI is InChI=1S/C14H16O2/c1-2-3-4-5-6-7-8-9-10-11-14(16)12-13-15/h8-9,14-16H,10-13H2,1H3/b9-8-/t14-/m0/s1. The van der Waals surface area contributed by atoms with Crippen molar-refractivity contribution in [3.05, 3.63) is 12.2 Å². The number of aliphatic hydroxyl groups excluding tert-OH is 2. The lowest BCUT2D eigenvalue weighted by atomic mass is 10.1. The molecule has 2 nitrogen and oxygen atoms in total. The number of hydrogen-bond donors (Lipinski definition) is 2. The zero-order chi connectivity index (χ0) is 12.1. The first-order chi connectivity index (χ1) is 7.81. The molecule has 0 saturated carbocycles. The van der Waals surface area contributed by atoms with E-state index in [0.29, 0.717) is 12.8 Å². The van der Waals surface area contributed by atoms with Gasteiger partial charge in [0.25, 0.3) is 0 Å². The second-order valence-corrected chi connectivity index (χ2v) is 3.04. The lowest BCUT2D eigenvalue weighted by Gasteiger charge is -2.04. The van der Waals surface area contributed by atoms with E-state index in [9.17, 15) is 5.11 Å². The SMILES string of the molecule is CC#CC#CC#C/C=C\CC[C@H](O)CCO. The van der Waals surface area contributed by atoms with Crippen LogP contribution >= 0.6 is 0 Å². The highest BCUT2D eigenvalue weighted by Crippen LogP contribution is 2.01. The van der Waals surface area contributed by atoms with Crippen LogP contribution < -0.4 is 0 Å². The zero-order valence-corrected chi connectivity index (χ0v) is 9.45. The predicted octanol–water partition coefficient (Wildman–Crippen LogP) is 1.10. The molecule has 2 N–H and O–H groups in total. The summed E-state index contributed by atoms with van der Waals surface area (Å²) in [7, 11) is 0. The van der Waals surface area contributed by atoms with Crippen molar-refractivity contribution in [2.45, 2.75) is 32.3 Å². The summed E-state index contributed by atoms with van der Waals surface area (Å²) < 4.78 is 0. The zero-order valence-electron chi connectivity index (χ0n) is 9.45. The smallest absolute Gasteiger partial charge is 0.0565 e. The van der Waals surface area contributed by atoms with Gasteiger partial charge in [-0.3, -0.25) is 0 Å². The average molecular weight is 216 g/mol. The Kier molecular flexibility index (Phi) is 10.2. The molecule has 0 rings (SSSR count). The fourth-order valence-corrected chi connectivity index (χ4v) is 0.927. The highest BCUT2D eigenvalue weighted by atomic mass is 16.3. The van der Waals surface area contributed by atoms with E-state index >= 15 is 0 Å². The Balaban J connectivity index is 3.69. The van der Waals surface area contributed by atoms with Crippen LogP contribution in [0.3, 0.4) is 0 Å². The Hall–Kier alpha value is -1.66. The van der Waals surface area contributed by atoms with E-state index in [-0.39, 0.29) is 6.61 Å². The second kappa shape index (κ2) is 11.4. The van der Waals surface area contributed by atoms with Crippen LogP contribution in [-0.4, -0.2) is 22.9 Å². The first kappa shape index (κ1) is 14.3. The van der Waals surface area contributed by atoms with E-state index in [4.69, 9.17) is 5.11 Å². The van der Waals surface area contributed by atoms with Crippen LogP contribution in [0.15, 0.2) is 12.2 Å². The van der Waals surface area contributed by atoms with Gasteiger partial charge in [0.05, 0.1) is 6.10 Å². The van der Waals surface area contributed by atoms with Crippen molar-refractivity contribution in [2.75, 3.05) is 6.61 Å². The molecule has 1 atom stereocenters. The summed E-state index contributed by atoms with van der Waals surface area (Å²) in [6, 6.07) is 0. The maximum atomic E-state index is 9.28. The predicted molar refractivity (Wildman–Crippen MR) is 65.1 cm³/mol. The minimum Gasteiger partial charge on any atom is -0.396 e. The fourth-order valence-electron chi connectivity index (χ4n) is 0.927. The molecule has 0 radical (unpaired) electrons. The van der Waals surface area contributed by atoms with E-state index in [2.05, 4.69) is 35.5 Å². The van der Waals surface area contributed by atoms with Gasteiger partial charge in [0.1, 0.15) is 0 Å². The third kappa shape index (κ3) is 10.4. The van der Waals surface area contributed by atoms with E-state index in [1.165, 1.54) is 0 Å². The molecule has 0 aliphatic heterocycles. The third-order valence-corrected chi connectivity index (χ3v) is 1.71. The summed E-state index contributed by atoms with van der Waals surface area (Å²) >= 11 is 0. The fraction of sp³-hybridized carbons (Fsp3) is 0.429. The normalized spacial score (nSPS) is 10.4. The van der Waals surface area contributed by atoms with Crippen LogP contribution in [0.25, 0.3) is 0 Å². The van der Waals surface area contributed by atoms with Crippen molar-refractivity contribution in [3.8, 4) is 35.5 Å². The summed E-state index contributed by atoms with van der Waals surface area (Å²) in [4.78, 5) is 0. The Morgan fingerprint density at radius 3 is 2.56 bits per heavy atom. The molecule has 16 heavy (non-hydrogen) atoms. The second-order valence-electron chi connectivity index (χ2n) is 3.04. The molecule has 0 aromatic carbocycles. The van der Waals surface area contributed by atoms with Crippen molar-refractivity contribution >= 4 is 0 Å². The minimum absolute atomic E-state index is 0.0265. The summed E-state index contributed by atoms with van der Waals surface area (Å²) in [6.45, 7) is 1.75. The van der Waals surface area contributed by atoms with Gasteiger partial charge in [-0.25, -0.2) is 0 Å². The van der Waals surface area contributed by atoms with Gasteiger partial charge in [0, 0.05) is 6.61 Å². The van der Waals surface area contributed by atoms with Gasteiger partial charge in [-0.2, -0.15) is 0 Å². The first-order valence-electron chi connectivity index (χ1n) is 5.17. The molecule has 0 spiro atoms. The number of hydrogen-bond acceptors (Lipinski definition) is 2. The molecule has 0 amide bonds. The number of aliphatic hydroxyl groups is 2. The number of rotatable bonds is 5. The maximum Gasteiger partial charge on any atom is 0.0565 e. The molecule has 0 bridgehead atoms. The highest BCUT2D eigenvalue weighted by Gasteiger charge is 1.99. The molecule has 2 heteroatoms. The highest BCUT2D eigenvalue weighted by molar-refractivity contribution is 5.37. The molecule has 0 aromatic heterocycles. The van der Waals surface area contributed by atoms with Crippen LogP contribution in [0.4, 0.5) is 0 Å². The Labute approximate surface area is 97.4 Å². The van der Waals surface area contributed by atoms with E-state index in [0.717, 1.165) is 6.42 Å². The molecule has 0 unspecified atom stereocenters. The summed E-state index contributed by atoms with van der Waals surface area (Å²) in [6.07, 6.45) is 4.98. The lowest BCUT2D eigenvalue weighted by molar-refractivity contribution is 0.126. The van der Waals surface area contributed by atoms with E-state index < -0.39 is 6.10 Å². The van der Waals surface area contributed by atoms with Gasteiger partial charge in [-0.05, 0) is 55.9 Å². The quantitative estimate of drug-likeness (QED) is 0.675. The van der Waals surface area contributed by atoms with Crippen molar-refractivity contribution in [1.29, 1.82) is 0 Å².